The molecule has 0 amide bonds. The van der Waals surface area contributed by atoms with Gasteiger partial charge in [-0.3, -0.25) is 9.59 Å². The maximum absolute atomic E-state index is 12.5. The van der Waals surface area contributed by atoms with Crippen LogP contribution in [0.5, 0.6) is 0 Å². The van der Waals surface area contributed by atoms with Gasteiger partial charge in [0.2, 0.25) is 5.79 Å². The molecule has 0 aromatic carbocycles. The predicted molar refractivity (Wildman–Crippen MR) is 163 cm³/mol. The molecule has 0 saturated carbocycles. The molecular weight excluding hydrogens is 608 g/mol. The van der Waals surface area contributed by atoms with Gasteiger partial charge in [0, 0.05) is 12.8 Å². The minimum absolute atomic E-state index is 0.0978. The summed E-state index contributed by atoms with van der Waals surface area (Å²) in [6.45, 7) is -2.14. The fraction of sp³-hybridized carbons (Fsp3) is 0.938. The first-order valence-corrected chi connectivity index (χ1v) is 17.1. The molecule has 0 spiro atoms. The highest BCUT2D eigenvalue weighted by atomic mass is 16.8. The monoisotopic (exact) mass is 666 g/mol. The van der Waals surface area contributed by atoms with Crippen LogP contribution < -0.4 is 0 Å². The van der Waals surface area contributed by atoms with Gasteiger partial charge in [-0.15, -0.1) is 0 Å². The third-order valence-corrected chi connectivity index (χ3v) is 8.81. The number of carboxylic acid groups (broad SMARTS) is 1. The van der Waals surface area contributed by atoms with Crippen molar-refractivity contribution < 1.29 is 69.4 Å². The molecule has 8 N–H and O–H groups in total. The van der Waals surface area contributed by atoms with Crippen molar-refractivity contribution in [1.29, 1.82) is 0 Å². The minimum Gasteiger partial charge on any atom is -0.481 e. The van der Waals surface area contributed by atoms with Crippen molar-refractivity contribution in [1.82, 2.24) is 0 Å². The fourth-order valence-corrected chi connectivity index (χ4v) is 5.89. The lowest BCUT2D eigenvalue weighted by atomic mass is 9.99. The van der Waals surface area contributed by atoms with Crippen LogP contribution in [0.1, 0.15) is 116 Å². The summed E-state index contributed by atoms with van der Waals surface area (Å²) < 4.78 is 21.8. The van der Waals surface area contributed by atoms with Gasteiger partial charge in [0.15, 0.2) is 6.29 Å². The molecule has 2 saturated heterocycles. The van der Waals surface area contributed by atoms with Crippen molar-refractivity contribution >= 4 is 11.9 Å². The molecule has 2 fully saturated rings. The quantitative estimate of drug-likeness (QED) is 0.0506. The first-order valence-electron chi connectivity index (χ1n) is 17.1. The molecule has 0 unspecified atom stereocenters. The molecule has 14 heteroatoms. The standard InChI is InChI=1S/C32H58O14/c33-19-22-26(38)28(40)29(41)31(44-22)46-32(30(42)27(39)23(20-34)45-32)21-43-25(37)18-16-14-12-10-8-6-4-2-1-3-5-7-9-11-13-15-17-24(35)36/h22-23,26-31,33-34,38-42H,1-21H2,(H,35,36)/t22-,23-,26-,27-,28+,29-,30+,31-,32+/m1/s1. The highest BCUT2D eigenvalue weighted by molar-refractivity contribution is 5.69. The lowest BCUT2D eigenvalue weighted by molar-refractivity contribution is -0.383. The number of rotatable bonds is 25. The van der Waals surface area contributed by atoms with Crippen molar-refractivity contribution in [2.45, 2.75) is 170 Å². The second-order valence-corrected chi connectivity index (χ2v) is 12.6. The first-order chi connectivity index (χ1) is 22.1. The molecule has 0 bridgehead atoms. The maximum Gasteiger partial charge on any atom is 0.305 e. The van der Waals surface area contributed by atoms with Crippen molar-refractivity contribution in [3.8, 4) is 0 Å². The summed E-state index contributed by atoms with van der Waals surface area (Å²) >= 11 is 0. The molecule has 2 heterocycles. The van der Waals surface area contributed by atoms with Gasteiger partial charge in [0.05, 0.1) is 13.2 Å². The van der Waals surface area contributed by atoms with E-state index >= 15 is 0 Å². The summed E-state index contributed by atoms with van der Waals surface area (Å²) in [6.07, 6.45) is 4.59. The molecular formula is C32H58O14. The largest absolute Gasteiger partial charge is 0.481 e. The Labute approximate surface area is 271 Å². The first kappa shape index (κ1) is 40.7. The van der Waals surface area contributed by atoms with Crippen LogP contribution >= 0.6 is 0 Å². The van der Waals surface area contributed by atoms with Crippen LogP contribution in [0.15, 0.2) is 0 Å². The Balaban J connectivity index is 1.59. The van der Waals surface area contributed by atoms with Crippen molar-refractivity contribution in [2.24, 2.45) is 0 Å². The van der Waals surface area contributed by atoms with E-state index in [1.165, 1.54) is 51.4 Å². The van der Waals surface area contributed by atoms with Crippen LogP contribution in [-0.2, 0) is 28.5 Å². The number of ether oxygens (including phenoxy) is 4. The number of aliphatic hydroxyl groups is 7. The molecule has 2 aliphatic rings. The van der Waals surface area contributed by atoms with Crippen LogP contribution in [0, 0.1) is 0 Å². The van der Waals surface area contributed by atoms with E-state index in [9.17, 15) is 45.3 Å². The van der Waals surface area contributed by atoms with E-state index in [0.717, 1.165) is 44.9 Å². The van der Waals surface area contributed by atoms with Gasteiger partial charge in [-0.25, -0.2) is 0 Å². The highest BCUT2D eigenvalue weighted by Gasteiger charge is 2.59. The lowest BCUT2D eigenvalue weighted by Gasteiger charge is -2.43. The van der Waals surface area contributed by atoms with E-state index in [-0.39, 0.29) is 12.8 Å². The minimum atomic E-state index is -2.26. The number of aliphatic hydroxyl groups excluding tert-OH is 7. The third-order valence-electron chi connectivity index (χ3n) is 8.81. The normalized spacial score (nSPS) is 31.3. The molecule has 14 nitrogen and oxygen atoms in total. The second kappa shape index (κ2) is 22.2. The van der Waals surface area contributed by atoms with Crippen LogP contribution in [0.2, 0.25) is 0 Å². The lowest BCUT2D eigenvalue weighted by Crippen LogP contribution is -2.62. The third kappa shape index (κ3) is 13.6. The summed E-state index contributed by atoms with van der Waals surface area (Å²) in [7, 11) is 0. The Morgan fingerprint density at radius 3 is 1.48 bits per heavy atom. The molecule has 2 aliphatic heterocycles. The summed E-state index contributed by atoms with van der Waals surface area (Å²) in [6, 6.07) is 0. The summed E-state index contributed by atoms with van der Waals surface area (Å²) in [4.78, 5) is 23.0. The Kier molecular flexibility index (Phi) is 19.7. The van der Waals surface area contributed by atoms with Crippen LogP contribution in [-0.4, -0.2) is 127 Å². The van der Waals surface area contributed by atoms with E-state index in [1.54, 1.807) is 0 Å². The van der Waals surface area contributed by atoms with E-state index in [4.69, 9.17) is 24.1 Å². The molecule has 0 aliphatic carbocycles. The van der Waals surface area contributed by atoms with E-state index in [1.807, 2.05) is 0 Å². The maximum atomic E-state index is 12.5. The summed E-state index contributed by atoms with van der Waals surface area (Å²) in [5, 5.41) is 79.1. The zero-order valence-corrected chi connectivity index (χ0v) is 27.0. The number of hydrogen-bond acceptors (Lipinski definition) is 13. The number of unbranched alkanes of at least 4 members (excludes halogenated alkanes) is 15. The number of carbonyl (C=O) groups excluding carboxylic acids is 1. The number of carbonyl (C=O) groups is 2. The van der Waals surface area contributed by atoms with Gasteiger partial charge in [-0.1, -0.05) is 89.9 Å². The smallest absolute Gasteiger partial charge is 0.305 e. The zero-order valence-electron chi connectivity index (χ0n) is 27.0. The fourth-order valence-electron chi connectivity index (χ4n) is 5.89. The summed E-state index contributed by atoms with van der Waals surface area (Å²) in [5.74, 6) is -3.58. The Hall–Kier alpha value is -1.46. The van der Waals surface area contributed by atoms with Crippen LogP contribution in [0.4, 0.5) is 0 Å². The van der Waals surface area contributed by atoms with E-state index in [0.29, 0.717) is 6.42 Å². The average Bonchev–Trinajstić information content (AvgIpc) is 3.28. The molecule has 0 aromatic rings. The Morgan fingerprint density at radius 2 is 1.04 bits per heavy atom. The van der Waals surface area contributed by atoms with Crippen molar-refractivity contribution in [3.05, 3.63) is 0 Å². The van der Waals surface area contributed by atoms with Crippen LogP contribution in [0.25, 0.3) is 0 Å². The summed E-state index contributed by atoms with van der Waals surface area (Å²) in [5.41, 5.74) is 0. The number of hydrogen-bond donors (Lipinski definition) is 8. The van der Waals surface area contributed by atoms with Gasteiger partial charge in [-0.05, 0) is 12.8 Å². The van der Waals surface area contributed by atoms with Gasteiger partial charge in [-0.2, -0.15) is 0 Å². The Morgan fingerprint density at radius 1 is 0.587 bits per heavy atom. The topological polar surface area (TPSA) is 233 Å². The SMILES string of the molecule is O=C(O)CCCCCCCCCCCCCCCCCCC(=O)OC[C@@]1(O[C@H]2O[C@H](CO)[C@@H](O)[C@H](O)[C@H]2O)O[C@H](CO)[C@@H](O)[C@@H]1O. The number of aliphatic carboxylic acids is 1. The van der Waals surface area contributed by atoms with Gasteiger partial charge < -0.3 is 59.8 Å². The molecule has 0 aromatic heterocycles. The average molecular weight is 667 g/mol. The molecule has 270 valence electrons. The van der Waals surface area contributed by atoms with Crippen molar-refractivity contribution in [2.75, 3.05) is 19.8 Å². The zero-order chi connectivity index (χ0) is 34.0. The van der Waals surface area contributed by atoms with E-state index in [2.05, 4.69) is 0 Å². The van der Waals surface area contributed by atoms with Crippen molar-refractivity contribution in [3.63, 3.8) is 0 Å². The van der Waals surface area contributed by atoms with E-state index < -0.39 is 86.6 Å². The predicted octanol–water partition coefficient (Wildman–Crippen LogP) is 1.26. The second-order valence-electron chi connectivity index (χ2n) is 12.6. The van der Waals surface area contributed by atoms with Crippen LogP contribution in [0.3, 0.4) is 0 Å². The molecule has 46 heavy (non-hydrogen) atoms. The Bertz CT molecular complexity index is 844. The number of esters is 1. The van der Waals surface area contributed by atoms with Gasteiger partial charge in [0.25, 0.3) is 0 Å². The molecule has 9 atom stereocenters. The molecule has 2 rings (SSSR count). The highest BCUT2D eigenvalue weighted by Crippen LogP contribution is 2.36. The van der Waals surface area contributed by atoms with Gasteiger partial charge >= 0.3 is 11.9 Å². The number of carboxylic acids is 1. The van der Waals surface area contributed by atoms with Gasteiger partial charge in [0.1, 0.15) is 49.3 Å². The molecule has 0 radical (unpaired) electrons.